The third-order valence-corrected chi connectivity index (χ3v) is 3.73. The first-order valence-corrected chi connectivity index (χ1v) is 6.87. The Labute approximate surface area is 118 Å². The fourth-order valence-electron chi connectivity index (χ4n) is 1.94. The Hall–Kier alpha value is -2.34. The summed E-state index contributed by atoms with van der Waals surface area (Å²) in [7, 11) is 0. The Morgan fingerprint density at radius 1 is 1.30 bits per heavy atom. The normalized spacial score (nSPS) is 10.8. The van der Waals surface area contributed by atoms with Crippen LogP contribution in [0.3, 0.4) is 0 Å². The molecule has 0 bridgehead atoms. The highest BCUT2D eigenvalue weighted by Crippen LogP contribution is 2.30. The average Bonchev–Trinajstić information content (AvgIpc) is 2.84. The van der Waals surface area contributed by atoms with Gasteiger partial charge in [-0.25, -0.2) is 14.8 Å². The van der Waals surface area contributed by atoms with Gasteiger partial charge in [-0.1, -0.05) is 30.0 Å². The van der Waals surface area contributed by atoms with Crippen LogP contribution in [0, 0.1) is 0 Å². The van der Waals surface area contributed by atoms with Crippen LogP contribution in [0.15, 0.2) is 52.3 Å². The fourth-order valence-corrected chi connectivity index (χ4v) is 2.70. The molecule has 0 atom stereocenters. The van der Waals surface area contributed by atoms with E-state index in [9.17, 15) is 9.90 Å². The monoisotopic (exact) mass is 286 g/mol. The minimum atomic E-state index is -0.978. The lowest BCUT2D eigenvalue weighted by Gasteiger charge is -1.99. The van der Waals surface area contributed by atoms with Gasteiger partial charge >= 0.3 is 5.97 Å². The number of aromatic carboxylic acids is 1. The second-order valence-electron chi connectivity index (χ2n) is 4.04. The Morgan fingerprint density at radius 2 is 2.15 bits per heavy atom. The zero-order valence-corrected chi connectivity index (χ0v) is 11.1. The van der Waals surface area contributed by atoms with Crippen LogP contribution in [-0.2, 0) is 5.75 Å². The molecule has 3 aromatic rings. The topological polar surface area (TPSA) is 76.2 Å². The van der Waals surface area contributed by atoms with Gasteiger partial charge in [0.05, 0.1) is 10.8 Å². The van der Waals surface area contributed by atoms with Crippen LogP contribution in [0.4, 0.5) is 0 Å². The second kappa shape index (κ2) is 5.34. The van der Waals surface area contributed by atoms with Gasteiger partial charge in [-0.3, -0.25) is 0 Å². The number of thioether (sulfide) groups is 1. The number of benzene rings is 1. The minimum absolute atomic E-state index is 0.224. The molecular weight excluding hydrogens is 276 g/mol. The molecule has 1 aromatic carbocycles. The Morgan fingerprint density at radius 3 is 2.90 bits per heavy atom. The van der Waals surface area contributed by atoms with Crippen molar-refractivity contribution in [2.75, 3.05) is 0 Å². The van der Waals surface area contributed by atoms with Crippen molar-refractivity contribution < 1.29 is 14.3 Å². The lowest BCUT2D eigenvalue weighted by Crippen LogP contribution is -1.98. The van der Waals surface area contributed by atoms with Gasteiger partial charge in [0.15, 0.2) is 0 Å². The number of carbonyl (C=O) groups is 1. The van der Waals surface area contributed by atoms with Gasteiger partial charge in [0, 0.05) is 11.6 Å². The van der Waals surface area contributed by atoms with E-state index in [-0.39, 0.29) is 5.56 Å². The molecular formula is C14H10N2O3S. The summed E-state index contributed by atoms with van der Waals surface area (Å²) >= 11 is 1.41. The number of hydrogen-bond acceptors (Lipinski definition) is 5. The number of nitrogens with zero attached hydrogens (tertiary/aromatic N) is 2. The zero-order valence-electron chi connectivity index (χ0n) is 10.3. The Kier molecular flexibility index (Phi) is 3.39. The number of hydrogen-bond donors (Lipinski definition) is 1. The van der Waals surface area contributed by atoms with E-state index in [0.29, 0.717) is 22.5 Å². The SMILES string of the molecule is O=C(O)c1c(CSc2ccncn2)oc2ccccc12. The van der Waals surface area contributed by atoms with E-state index in [0.717, 1.165) is 5.03 Å². The van der Waals surface area contributed by atoms with Crippen LogP contribution < -0.4 is 0 Å². The van der Waals surface area contributed by atoms with E-state index >= 15 is 0 Å². The van der Waals surface area contributed by atoms with Crippen LogP contribution in [0.2, 0.25) is 0 Å². The summed E-state index contributed by atoms with van der Waals surface area (Å²) in [5.41, 5.74) is 0.811. The third kappa shape index (κ3) is 2.37. The lowest BCUT2D eigenvalue weighted by molar-refractivity contribution is 0.0697. The van der Waals surface area contributed by atoms with E-state index in [1.165, 1.54) is 18.1 Å². The van der Waals surface area contributed by atoms with Gasteiger partial charge < -0.3 is 9.52 Å². The fraction of sp³-hybridized carbons (Fsp3) is 0.0714. The standard InChI is InChI=1S/C14H10N2O3S/c17-14(18)13-9-3-1-2-4-10(9)19-11(13)7-20-12-5-6-15-8-16-12/h1-6,8H,7H2,(H,17,18). The lowest BCUT2D eigenvalue weighted by atomic mass is 10.1. The molecule has 0 aliphatic heterocycles. The van der Waals surface area contributed by atoms with Crippen LogP contribution in [-0.4, -0.2) is 21.0 Å². The number of fused-ring (bicyclic) bond motifs is 1. The van der Waals surface area contributed by atoms with E-state index in [1.807, 2.05) is 6.07 Å². The highest BCUT2D eigenvalue weighted by atomic mass is 32.2. The average molecular weight is 286 g/mol. The van der Waals surface area contributed by atoms with Crippen molar-refractivity contribution in [3.63, 3.8) is 0 Å². The van der Waals surface area contributed by atoms with Crippen molar-refractivity contribution in [3.05, 3.63) is 54.2 Å². The van der Waals surface area contributed by atoms with E-state index in [2.05, 4.69) is 9.97 Å². The van der Waals surface area contributed by atoms with Gasteiger partial charge in [-0.2, -0.15) is 0 Å². The van der Waals surface area contributed by atoms with Crippen LogP contribution >= 0.6 is 11.8 Å². The molecule has 100 valence electrons. The first-order chi connectivity index (χ1) is 9.75. The molecule has 3 rings (SSSR count). The van der Waals surface area contributed by atoms with Crippen LogP contribution in [0.5, 0.6) is 0 Å². The van der Waals surface area contributed by atoms with Crippen molar-refractivity contribution in [3.8, 4) is 0 Å². The van der Waals surface area contributed by atoms with E-state index in [4.69, 9.17) is 4.42 Å². The molecule has 0 saturated carbocycles. The number of carboxylic acids is 1. The van der Waals surface area contributed by atoms with Crippen LogP contribution in [0.25, 0.3) is 11.0 Å². The van der Waals surface area contributed by atoms with E-state index < -0.39 is 5.97 Å². The molecule has 5 nitrogen and oxygen atoms in total. The summed E-state index contributed by atoms with van der Waals surface area (Å²) in [4.78, 5) is 19.3. The maximum Gasteiger partial charge on any atom is 0.339 e. The van der Waals surface area contributed by atoms with Gasteiger partial charge in [-0.05, 0) is 12.1 Å². The first-order valence-electron chi connectivity index (χ1n) is 5.88. The smallest absolute Gasteiger partial charge is 0.339 e. The minimum Gasteiger partial charge on any atom is -0.478 e. The van der Waals surface area contributed by atoms with Crippen molar-refractivity contribution in [1.82, 2.24) is 9.97 Å². The number of rotatable bonds is 4. The largest absolute Gasteiger partial charge is 0.478 e. The summed E-state index contributed by atoms with van der Waals surface area (Å²) < 4.78 is 5.64. The second-order valence-corrected chi connectivity index (χ2v) is 5.03. The number of aromatic nitrogens is 2. The first kappa shape index (κ1) is 12.7. The highest BCUT2D eigenvalue weighted by Gasteiger charge is 2.19. The number of furan rings is 1. The van der Waals surface area contributed by atoms with Gasteiger partial charge in [0.2, 0.25) is 0 Å². The molecule has 0 radical (unpaired) electrons. The summed E-state index contributed by atoms with van der Waals surface area (Å²) in [6.45, 7) is 0. The predicted molar refractivity (Wildman–Crippen MR) is 74.8 cm³/mol. The van der Waals surface area contributed by atoms with Crippen molar-refractivity contribution in [2.24, 2.45) is 0 Å². The molecule has 0 aliphatic rings. The zero-order chi connectivity index (χ0) is 13.9. The maximum atomic E-state index is 11.4. The Balaban J connectivity index is 1.95. The molecule has 6 heteroatoms. The quantitative estimate of drug-likeness (QED) is 0.586. The molecule has 1 N–H and O–H groups in total. The summed E-state index contributed by atoms with van der Waals surface area (Å²) in [6.07, 6.45) is 3.10. The van der Waals surface area contributed by atoms with Crippen molar-refractivity contribution in [2.45, 2.75) is 10.8 Å². The molecule has 0 fully saturated rings. The van der Waals surface area contributed by atoms with Crippen LogP contribution in [0.1, 0.15) is 16.1 Å². The molecule has 0 saturated heterocycles. The van der Waals surface area contributed by atoms with Gasteiger partial charge in [-0.15, -0.1) is 0 Å². The van der Waals surface area contributed by atoms with E-state index in [1.54, 1.807) is 30.5 Å². The molecule has 2 heterocycles. The maximum absolute atomic E-state index is 11.4. The predicted octanol–water partition coefficient (Wildman–Crippen LogP) is 3.21. The number of para-hydroxylation sites is 1. The van der Waals surface area contributed by atoms with Gasteiger partial charge in [0.1, 0.15) is 23.2 Å². The number of carboxylic acid groups (broad SMARTS) is 1. The van der Waals surface area contributed by atoms with Gasteiger partial charge in [0.25, 0.3) is 0 Å². The summed E-state index contributed by atoms with van der Waals surface area (Å²) in [5, 5.41) is 10.8. The summed E-state index contributed by atoms with van der Waals surface area (Å²) in [6, 6.07) is 8.90. The third-order valence-electron chi connectivity index (χ3n) is 2.79. The van der Waals surface area contributed by atoms with Crippen molar-refractivity contribution in [1.29, 1.82) is 0 Å². The molecule has 0 spiro atoms. The summed E-state index contributed by atoms with van der Waals surface area (Å²) in [5.74, 6) is -0.122. The highest BCUT2D eigenvalue weighted by molar-refractivity contribution is 7.98. The van der Waals surface area contributed by atoms with Crippen molar-refractivity contribution >= 4 is 28.7 Å². The Bertz CT molecular complexity index is 755. The molecule has 20 heavy (non-hydrogen) atoms. The molecule has 0 amide bonds. The molecule has 0 unspecified atom stereocenters. The molecule has 2 aromatic heterocycles. The molecule has 0 aliphatic carbocycles.